The van der Waals surface area contributed by atoms with Gasteiger partial charge in [0, 0.05) is 37.0 Å². The van der Waals surface area contributed by atoms with Crippen molar-refractivity contribution in [2.24, 2.45) is 7.05 Å². The molecular weight excluding hydrogens is 424 g/mol. The molecular formula is C25H23ClN4O2. The van der Waals surface area contributed by atoms with E-state index < -0.39 is 0 Å². The highest BCUT2D eigenvalue weighted by molar-refractivity contribution is 6.32. The minimum absolute atomic E-state index is 0.00831. The first kappa shape index (κ1) is 21.6. The number of anilines is 1. The van der Waals surface area contributed by atoms with Crippen LogP contribution >= 0.6 is 11.6 Å². The van der Waals surface area contributed by atoms with Crippen LogP contribution in [-0.4, -0.2) is 14.5 Å². The number of hydrogen-bond donors (Lipinski definition) is 1. The van der Waals surface area contributed by atoms with Gasteiger partial charge >= 0.3 is 6.01 Å². The van der Waals surface area contributed by atoms with E-state index in [1.807, 2.05) is 43.3 Å². The van der Waals surface area contributed by atoms with Crippen molar-refractivity contribution in [1.29, 1.82) is 0 Å². The molecule has 2 aromatic heterocycles. The zero-order valence-electron chi connectivity index (χ0n) is 18.0. The summed E-state index contributed by atoms with van der Waals surface area (Å²) in [5.74, 6) is 1.11. The van der Waals surface area contributed by atoms with Crippen LogP contribution in [0.15, 0.2) is 77.7 Å². The molecule has 1 unspecified atom stereocenters. The highest BCUT2D eigenvalue weighted by Gasteiger charge is 2.14. The standard InChI is InChI=1S/C25H23ClN4O2/c1-16-8-7-11-20(26)24(16)32-25-28-21(19-12-13-23(31)30(3)15-19)14-22(29-25)27-17(2)18-9-5-4-6-10-18/h4-15,17H,1-3H3,(H,27,28,29). The Morgan fingerprint density at radius 2 is 1.81 bits per heavy atom. The maximum absolute atomic E-state index is 11.8. The molecule has 0 fully saturated rings. The lowest BCUT2D eigenvalue weighted by Crippen LogP contribution is -2.14. The number of pyridine rings is 1. The van der Waals surface area contributed by atoms with Crippen molar-refractivity contribution in [3.05, 3.63) is 99.4 Å². The number of aryl methyl sites for hydroxylation is 2. The molecule has 4 aromatic rings. The molecule has 2 aromatic carbocycles. The van der Waals surface area contributed by atoms with Gasteiger partial charge in [0.1, 0.15) is 5.82 Å². The minimum Gasteiger partial charge on any atom is -0.422 e. The molecule has 7 heteroatoms. The van der Waals surface area contributed by atoms with Gasteiger partial charge in [-0.2, -0.15) is 9.97 Å². The average Bonchev–Trinajstić information content (AvgIpc) is 2.78. The number of ether oxygens (including phenoxy) is 1. The van der Waals surface area contributed by atoms with Gasteiger partial charge in [-0.1, -0.05) is 54.1 Å². The fraction of sp³-hybridized carbons (Fsp3) is 0.160. The van der Waals surface area contributed by atoms with Crippen LogP contribution in [0.4, 0.5) is 5.82 Å². The number of hydrogen-bond acceptors (Lipinski definition) is 5. The van der Waals surface area contributed by atoms with Gasteiger partial charge < -0.3 is 14.6 Å². The van der Waals surface area contributed by atoms with Crippen LogP contribution in [0, 0.1) is 6.92 Å². The zero-order chi connectivity index (χ0) is 22.7. The Labute approximate surface area is 191 Å². The molecule has 2 heterocycles. The summed E-state index contributed by atoms with van der Waals surface area (Å²) in [5, 5.41) is 3.90. The van der Waals surface area contributed by atoms with E-state index in [1.54, 1.807) is 25.4 Å². The second-order valence-corrected chi connectivity index (χ2v) is 7.96. The van der Waals surface area contributed by atoms with Gasteiger partial charge in [-0.05, 0) is 37.1 Å². The highest BCUT2D eigenvalue weighted by Crippen LogP contribution is 2.33. The van der Waals surface area contributed by atoms with Gasteiger partial charge in [0.15, 0.2) is 5.75 Å². The molecule has 0 bridgehead atoms. The lowest BCUT2D eigenvalue weighted by atomic mass is 10.1. The van der Waals surface area contributed by atoms with E-state index >= 15 is 0 Å². The zero-order valence-corrected chi connectivity index (χ0v) is 18.8. The van der Waals surface area contributed by atoms with Crippen LogP contribution in [0.3, 0.4) is 0 Å². The Morgan fingerprint density at radius 1 is 1.03 bits per heavy atom. The first-order chi connectivity index (χ1) is 15.4. The van der Waals surface area contributed by atoms with E-state index in [0.29, 0.717) is 22.3 Å². The van der Waals surface area contributed by atoms with E-state index in [-0.39, 0.29) is 17.6 Å². The van der Waals surface area contributed by atoms with Crippen molar-refractivity contribution in [2.45, 2.75) is 19.9 Å². The normalized spacial score (nSPS) is 11.8. The molecule has 0 radical (unpaired) electrons. The van der Waals surface area contributed by atoms with Crippen molar-refractivity contribution in [3.63, 3.8) is 0 Å². The van der Waals surface area contributed by atoms with Gasteiger partial charge in [0.05, 0.1) is 10.7 Å². The molecule has 0 spiro atoms. The monoisotopic (exact) mass is 446 g/mol. The lowest BCUT2D eigenvalue weighted by Gasteiger charge is -2.17. The summed E-state index contributed by atoms with van der Waals surface area (Å²) in [6.45, 7) is 3.97. The van der Waals surface area contributed by atoms with Gasteiger partial charge in [-0.15, -0.1) is 0 Å². The Morgan fingerprint density at radius 3 is 2.53 bits per heavy atom. The molecule has 162 valence electrons. The summed E-state index contributed by atoms with van der Waals surface area (Å²) in [7, 11) is 1.70. The van der Waals surface area contributed by atoms with Crippen LogP contribution in [0.25, 0.3) is 11.3 Å². The number of aromatic nitrogens is 3. The van der Waals surface area contributed by atoms with E-state index in [9.17, 15) is 4.79 Å². The summed E-state index contributed by atoms with van der Waals surface area (Å²) in [6, 6.07) is 20.9. The molecule has 32 heavy (non-hydrogen) atoms. The van der Waals surface area contributed by atoms with Gasteiger partial charge in [-0.3, -0.25) is 4.79 Å². The van der Waals surface area contributed by atoms with Crippen LogP contribution < -0.4 is 15.6 Å². The Bertz CT molecular complexity index is 1280. The highest BCUT2D eigenvalue weighted by atomic mass is 35.5. The lowest BCUT2D eigenvalue weighted by molar-refractivity contribution is 0.440. The number of para-hydroxylation sites is 1. The largest absolute Gasteiger partial charge is 0.422 e. The molecule has 1 N–H and O–H groups in total. The molecule has 1 atom stereocenters. The predicted molar refractivity (Wildman–Crippen MR) is 127 cm³/mol. The molecule has 0 aliphatic heterocycles. The molecule has 4 rings (SSSR count). The van der Waals surface area contributed by atoms with E-state index in [1.165, 1.54) is 10.6 Å². The molecule has 0 aliphatic carbocycles. The quantitative estimate of drug-likeness (QED) is 0.407. The smallest absolute Gasteiger partial charge is 0.324 e. The predicted octanol–water partition coefficient (Wildman–Crippen LogP) is 5.77. The SMILES string of the molecule is Cc1cccc(Cl)c1Oc1nc(NC(C)c2ccccc2)cc(-c2ccc(=O)n(C)c2)n1. The topological polar surface area (TPSA) is 69.0 Å². The van der Waals surface area contributed by atoms with E-state index in [0.717, 1.165) is 16.7 Å². The summed E-state index contributed by atoms with van der Waals surface area (Å²) in [6.07, 6.45) is 1.74. The Kier molecular flexibility index (Phi) is 6.23. The molecule has 0 saturated heterocycles. The fourth-order valence-corrected chi connectivity index (χ4v) is 3.58. The third-order valence-corrected chi connectivity index (χ3v) is 5.41. The van der Waals surface area contributed by atoms with Crippen LogP contribution in [0.2, 0.25) is 5.02 Å². The third kappa shape index (κ3) is 4.81. The summed E-state index contributed by atoms with van der Waals surface area (Å²) >= 11 is 6.34. The van der Waals surface area contributed by atoms with Crippen molar-refractivity contribution in [2.75, 3.05) is 5.32 Å². The second kappa shape index (κ2) is 9.24. The van der Waals surface area contributed by atoms with Gasteiger partial charge in [-0.25, -0.2) is 0 Å². The molecule has 6 nitrogen and oxygen atoms in total. The van der Waals surface area contributed by atoms with Crippen molar-refractivity contribution in [3.8, 4) is 23.0 Å². The number of nitrogens with zero attached hydrogens (tertiary/aromatic N) is 3. The Hall–Kier alpha value is -3.64. The third-order valence-electron chi connectivity index (χ3n) is 5.11. The number of rotatable bonds is 6. The maximum atomic E-state index is 11.8. The Balaban J connectivity index is 1.75. The first-order valence-electron chi connectivity index (χ1n) is 10.2. The van der Waals surface area contributed by atoms with Crippen molar-refractivity contribution >= 4 is 17.4 Å². The maximum Gasteiger partial charge on any atom is 0.324 e. The molecule has 0 aliphatic rings. The molecule has 0 amide bonds. The first-order valence-corrected chi connectivity index (χ1v) is 10.6. The summed E-state index contributed by atoms with van der Waals surface area (Å²) < 4.78 is 7.53. The van der Waals surface area contributed by atoms with Crippen molar-refractivity contribution < 1.29 is 4.74 Å². The van der Waals surface area contributed by atoms with E-state index in [4.69, 9.17) is 16.3 Å². The minimum atomic E-state index is -0.0954. The van der Waals surface area contributed by atoms with Gasteiger partial charge in [0.2, 0.25) is 5.56 Å². The number of benzene rings is 2. The number of nitrogens with one attached hydrogen (secondary N) is 1. The van der Waals surface area contributed by atoms with Crippen molar-refractivity contribution in [1.82, 2.24) is 14.5 Å². The second-order valence-electron chi connectivity index (χ2n) is 7.55. The summed E-state index contributed by atoms with van der Waals surface area (Å²) in [4.78, 5) is 21.0. The van der Waals surface area contributed by atoms with Crippen LogP contribution in [-0.2, 0) is 7.05 Å². The van der Waals surface area contributed by atoms with Crippen LogP contribution in [0.1, 0.15) is 24.1 Å². The fourth-order valence-electron chi connectivity index (χ4n) is 3.32. The summed E-state index contributed by atoms with van der Waals surface area (Å²) in [5.41, 5.74) is 3.30. The average molecular weight is 447 g/mol. The van der Waals surface area contributed by atoms with E-state index in [2.05, 4.69) is 34.3 Å². The number of halogens is 1. The van der Waals surface area contributed by atoms with Gasteiger partial charge in [0.25, 0.3) is 0 Å². The molecule has 0 saturated carbocycles. The van der Waals surface area contributed by atoms with Crippen LogP contribution in [0.5, 0.6) is 11.8 Å².